The Labute approximate surface area is 202 Å². The number of aromatic nitrogens is 2. The van der Waals surface area contributed by atoms with Gasteiger partial charge in [-0.2, -0.15) is 9.78 Å². The van der Waals surface area contributed by atoms with Gasteiger partial charge in [-0.3, -0.25) is 24.0 Å². The molecule has 1 heterocycles. The first kappa shape index (κ1) is 24.5. The van der Waals surface area contributed by atoms with Gasteiger partial charge in [-0.05, 0) is 58.7 Å². The molecule has 2 fully saturated rings. The maximum absolute atomic E-state index is 13.7. The summed E-state index contributed by atoms with van der Waals surface area (Å²) in [6.07, 6.45) is 1.70. The normalized spacial score (nSPS) is 19.5. The van der Waals surface area contributed by atoms with Gasteiger partial charge in [0.1, 0.15) is 5.92 Å². The highest BCUT2D eigenvalue weighted by atomic mass is 16.5. The van der Waals surface area contributed by atoms with E-state index in [1.165, 1.54) is 48.0 Å². The van der Waals surface area contributed by atoms with E-state index in [1.807, 2.05) is 0 Å². The third-order valence-electron chi connectivity index (χ3n) is 6.96. The van der Waals surface area contributed by atoms with Crippen LogP contribution in [0.25, 0.3) is 5.69 Å². The molecule has 2 aliphatic rings. The van der Waals surface area contributed by atoms with E-state index in [-0.39, 0.29) is 11.5 Å². The van der Waals surface area contributed by atoms with Crippen molar-refractivity contribution in [2.24, 2.45) is 16.7 Å². The first-order chi connectivity index (χ1) is 16.4. The molecule has 35 heavy (non-hydrogen) atoms. The Balaban J connectivity index is 1.88. The molecule has 4 rings (SSSR count). The van der Waals surface area contributed by atoms with Gasteiger partial charge < -0.3 is 9.47 Å². The lowest BCUT2D eigenvalue weighted by Crippen LogP contribution is -2.59. The molecule has 184 valence electrons. The molecule has 9 heteroatoms. The van der Waals surface area contributed by atoms with Crippen molar-refractivity contribution < 1.29 is 28.7 Å². The van der Waals surface area contributed by atoms with Crippen LogP contribution in [0.4, 0.5) is 0 Å². The minimum absolute atomic E-state index is 0.0702. The molecule has 0 aliphatic heterocycles. The summed E-state index contributed by atoms with van der Waals surface area (Å²) in [5.74, 6) is -3.89. The molecular weight excluding hydrogens is 452 g/mol. The number of ether oxygens (including phenoxy) is 2. The van der Waals surface area contributed by atoms with Gasteiger partial charge in [-0.25, -0.2) is 0 Å². The van der Waals surface area contributed by atoms with Crippen LogP contribution in [0.2, 0.25) is 0 Å². The van der Waals surface area contributed by atoms with Crippen LogP contribution in [0.5, 0.6) is 11.5 Å². The number of ketones is 4. The topological polar surface area (TPSA) is 122 Å². The Morgan fingerprint density at radius 1 is 0.914 bits per heavy atom. The van der Waals surface area contributed by atoms with E-state index in [0.717, 1.165) is 17.5 Å². The van der Waals surface area contributed by atoms with Crippen molar-refractivity contribution in [1.82, 2.24) is 9.78 Å². The van der Waals surface area contributed by atoms with Gasteiger partial charge in [0.2, 0.25) is 0 Å². The second kappa shape index (κ2) is 8.25. The molecule has 0 N–H and O–H groups in total. The number of nitrogens with zero attached hydrogens (tertiary/aromatic N) is 2. The van der Waals surface area contributed by atoms with Crippen LogP contribution in [-0.4, -0.2) is 47.1 Å². The molecule has 2 aromatic rings. The van der Waals surface area contributed by atoms with E-state index in [2.05, 4.69) is 5.10 Å². The Bertz CT molecular complexity index is 1300. The van der Waals surface area contributed by atoms with E-state index < -0.39 is 45.4 Å². The van der Waals surface area contributed by atoms with Crippen LogP contribution >= 0.6 is 0 Å². The van der Waals surface area contributed by atoms with Crippen LogP contribution in [0, 0.1) is 16.7 Å². The summed E-state index contributed by atoms with van der Waals surface area (Å²) in [6.45, 7) is 5.65. The first-order valence-electron chi connectivity index (χ1n) is 11.4. The van der Waals surface area contributed by atoms with E-state index in [0.29, 0.717) is 22.9 Å². The number of methoxy groups -OCH3 is 2. The third-order valence-corrected chi connectivity index (χ3v) is 6.96. The molecule has 0 spiro atoms. The molecular formula is C26H28N2O7. The van der Waals surface area contributed by atoms with Gasteiger partial charge in [-0.15, -0.1) is 0 Å². The van der Waals surface area contributed by atoms with E-state index in [1.54, 1.807) is 18.2 Å². The van der Waals surface area contributed by atoms with Crippen LogP contribution in [0.3, 0.4) is 0 Å². The fourth-order valence-electron chi connectivity index (χ4n) is 4.64. The quantitative estimate of drug-likeness (QED) is 0.457. The zero-order valence-corrected chi connectivity index (χ0v) is 20.6. The molecule has 0 radical (unpaired) electrons. The fourth-order valence-corrected chi connectivity index (χ4v) is 4.64. The SMILES string of the molecule is COc1ccc(-n2nc(C3CC3)cc(C(=O)C3C(=O)C(C)(C)C(=O)C(C)(C)C3=O)c2=O)cc1OC. The highest BCUT2D eigenvalue weighted by Gasteiger charge is 2.60. The Morgan fingerprint density at radius 3 is 2.00 bits per heavy atom. The zero-order chi connectivity index (χ0) is 25.9. The first-order valence-corrected chi connectivity index (χ1v) is 11.4. The highest BCUT2D eigenvalue weighted by Crippen LogP contribution is 2.42. The Kier molecular flexibility index (Phi) is 5.78. The van der Waals surface area contributed by atoms with Crippen molar-refractivity contribution in [3.05, 3.63) is 45.9 Å². The summed E-state index contributed by atoms with van der Waals surface area (Å²) in [7, 11) is 2.94. The molecule has 0 atom stereocenters. The number of rotatable bonds is 6. The van der Waals surface area contributed by atoms with Gasteiger partial charge in [0, 0.05) is 12.0 Å². The van der Waals surface area contributed by atoms with Crippen molar-refractivity contribution in [3.63, 3.8) is 0 Å². The molecule has 1 aromatic carbocycles. The summed E-state index contributed by atoms with van der Waals surface area (Å²) in [6, 6.07) is 6.15. The second-order valence-corrected chi connectivity index (χ2v) is 10.1. The van der Waals surface area contributed by atoms with Gasteiger partial charge in [-0.1, -0.05) is 0 Å². The summed E-state index contributed by atoms with van der Waals surface area (Å²) in [4.78, 5) is 66.4. The lowest BCUT2D eigenvalue weighted by molar-refractivity contribution is -0.158. The van der Waals surface area contributed by atoms with E-state index in [9.17, 15) is 24.0 Å². The molecule has 2 saturated carbocycles. The van der Waals surface area contributed by atoms with Gasteiger partial charge >= 0.3 is 0 Å². The number of hydrogen-bond acceptors (Lipinski definition) is 8. The van der Waals surface area contributed by atoms with Crippen molar-refractivity contribution in [2.75, 3.05) is 14.2 Å². The molecule has 0 bridgehead atoms. The van der Waals surface area contributed by atoms with Crippen LogP contribution < -0.4 is 15.0 Å². The maximum Gasteiger partial charge on any atom is 0.282 e. The van der Waals surface area contributed by atoms with Crippen LogP contribution in [0.15, 0.2) is 29.1 Å². The number of benzene rings is 1. The van der Waals surface area contributed by atoms with Gasteiger partial charge in [0.25, 0.3) is 5.56 Å². The summed E-state index contributed by atoms with van der Waals surface area (Å²) in [5.41, 5.74) is -3.28. The molecule has 0 amide bonds. The summed E-state index contributed by atoms with van der Waals surface area (Å²) in [5, 5.41) is 4.46. The number of hydrogen-bond donors (Lipinski definition) is 0. The highest BCUT2D eigenvalue weighted by molar-refractivity contribution is 6.37. The summed E-state index contributed by atoms with van der Waals surface area (Å²) < 4.78 is 11.7. The molecule has 2 aliphatic carbocycles. The van der Waals surface area contributed by atoms with Crippen molar-refractivity contribution in [1.29, 1.82) is 0 Å². The van der Waals surface area contributed by atoms with Crippen LogP contribution in [-0.2, 0) is 14.4 Å². The van der Waals surface area contributed by atoms with Crippen molar-refractivity contribution >= 4 is 23.1 Å². The number of Topliss-reactive ketones (excluding diaryl/α,β-unsaturated/α-hetero) is 4. The van der Waals surface area contributed by atoms with Crippen molar-refractivity contribution in [2.45, 2.75) is 46.5 Å². The molecule has 0 saturated heterocycles. The standard InChI is InChI=1S/C26H28N2O7/c1-25(2)21(30)19(22(31)26(3,4)24(25)33)20(29)15-12-16(13-7-8-13)27-28(23(15)32)14-9-10-17(34-5)18(11-14)35-6/h9-13,19H,7-8H2,1-6H3. The third kappa shape index (κ3) is 3.79. The lowest BCUT2D eigenvalue weighted by Gasteiger charge is -2.39. The van der Waals surface area contributed by atoms with Crippen molar-refractivity contribution in [3.8, 4) is 17.2 Å². The second-order valence-electron chi connectivity index (χ2n) is 10.1. The molecule has 0 unspecified atom stereocenters. The Hall–Kier alpha value is -3.62. The fraction of sp³-hybridized carbons (Fsp3) is 0.462. The minimum Gasteiger partial charge on any atom is -0.493 e. The summed E-state index contributed by atoms with van der Waals surface area (Å²) >= 11 is 0. The predicted molar refractivity (Wildman–Crippen MR) is 125 cm³/mol. The van der Waals surface area contributed by atoms with Crippen LogP contribution in [0.1, 0.15) is 62.5 Å². The lowest BCUT2D eigenvalue weighted by atomic mass is 9.57. The molecule has 1 aromatic heterocycles. The maximum atomic E-state index is 13.7. The smallest absolute Gasteiger partial charge is 0.282 e. The number of carbonyl (C=O) groups excluding carboxylic acids is 4. The Morgan fingerprint density at radius 2 is 1.49 bits per heavy atom. The monoisotopic (exact) mass is 480 g/mol. The molecule has 9 nitrogen and oxygen atoms in total. The van der Waals surface area contributed by atoms with Gasteiger partial charge in [0.05, 0.1) is 42.0 Å². The number of carbonyl (C=O) groups is 4. The predicted octanol–water partition coefficient (Wildman–Crippen LogP) is 2.70. The van der Waals surface area contributed by atoms with E-state index >= 15 is 0 Å². The van der Waals surface area contributed by atoms with E-state index in [4.69, 9.17) is 9.47 Å². The minimum atomic E-state index is -1.74. The van der Waals surface area contributed by atoms with Gasteiger partial charge in [0.15, 0.2) is 34.6 Å². The average Bonchev–Trinajstić information content (AvgIpc) is 3.67. The zero-order valence-electron chi connectivity index (χ0n) is 20.6. The largest absolute Gasteiger partial charge is 0.493 e. The average molecular weight is 481 g/mol.